The largest absolute Gasteiger partial charge is 0.493 e. The number of ether oxygens (including phenoxy) is 2. The number of carbonyl (C=O) groups excluding carboxylic acids is 1. The van der Waals surface area contributed by atoms with Crippen molar-refractivity contribution in [1.82, 2.24) is 4.98 Å². The first-order valence-corrected chi connectivity index (χ1v) is 8.90. The lowest BCUT2D eigenvalue weighted by molar-refractivity contribution is 0.102. The molecule has 2 aromatic carbocycles. The van der Waals surface area contributed by atoms with E-state index in [-0.39, 0.29) is 5.91 Å². The first-order valence-electron chi connectivity index (χ1n) is 8.53. The van der Waals surface area contributed by atoms with Crippen LogP contribution in [-0.4, -0.2) is 25.1 Å². The number of anilines is 3. The second-order valence-electron chi connectivity index (χ2n) is 6.04. The molecule has 0 aliphatic carbocycles. The van der Waals surface area contributed by atoms with Crippen molar-refractivity contribution >= 4 is 34.7 Å². The number of pyridine rings is 1. The molecular formula is C21H20ClN3O3. The van der Waals surface area contributed by atoms with Gasteiger partial charge in [-0.2, -0.15) is 0 Å². The first-order chi connectivity index (χ1) is 13.5. The van der Waals surface area contributed by atoms with Crippen molar-refractivity contribution in [3.8, 4) is 11.5 Å². The second-order valence-corrected chi connectivity index (χ2v) is 6.45. The minimum atomic E-state index is -0.259. The number of hydrogen-bond donors (Lipinski definition) is 2. The fraction of sp³-hybridized carbons (Fsp3) is 0.143. The molecule has 1 amide bonds. The SMILES string of the molecule is COc1ccc(Nc2ccc(C(=O)Nc3ccc(C)c(Cl)c3)cn2)cc1OC. The lowest BCUT2D eigenvalue weighted by atomic mass is 10.2. The van der Waals surface area contributed by atoms with Crippen LogP contribution in [0, 0.1) is 6.92 Å². The second kappa shape index (κ2) is 8.63. The maximum Gasteiger partial charge on any atom is 0.257 e. The number of aromatic nitrogens is 1. The van der Waals surface area contributed by atoms with Gasteiger partial charge in [-0.1, -0.05) is 17.7 Å². The van der Waals surface area contributed by atoms with E-state index >= 15 is 0 Å². The highest BCUT2D eigenvalue weighted by Crippen LogP contribution is 2.30. The number of nitrogens with one attached hydrogen (secondary N) is 2. The zero-order valence-corrected chi connectivity index (χ0v) is 16.5. The van der Waals surface area contributed by atoms with Crippen LogP contribution in [0.5, 0.6) is 11.5 Å². The van der Waals surface area contributed by atoms with Crippen LogP contribution in [0.25, 0.3) is 0 Å². The Labute approximate surface area is 168 Å². The number of benzene rings is 2. The van der Waals surface area contributed by atoms with Gasteiger partial charge >= 0.3 is 0 Å². The van der Waals surface area contributed by atoms with E-state index in [9.17, 15) is 4.79 Å². The summed E-state index contributed by atoms with van der Waals surface area (Å²) in [6.07, 6.45) is 1.51. The fourth-order valence-electron chi connectivity index (χ4n) is 2.54. The molecule has 144 valence electrons. The van der Waals surface area contributed by atoms with Crippen LogP contribution in [0.3, 0.4) is 0 Å². The Bertz CT molecular complexity index is 991. The van der Waals surface area contributed by atoms with Crippen molar-refractivity contribution in [2.24, 2.45) is 0 Å². The monoisotopic (exact) mass is 397 g/mol. The summed E-state index contributed by atoms with van der Waals surface area (Å²) in [7, 11) is 3.16. The van der Waals surface area contributed by atoms with Gasteiger partial charge in [0.2, 0.25) is 0 Å². The van der Waals surface area contributed by atoms with Crippen LogP contribution in [0.2, 0.25) is 5.02 Å². The number of methoxy groups -OCH3 is 2. The van der Waals surface area contributed by atoms with Gasteiger partial charge in [0.15, 0.2) is 11.5 Å². The number of amides is 1. The first kappa shape index (κ1) is 19.5. The summed E-state index contributed by atoms with van der Waals surface area (Å²) >= 11 is 6.09. The van der Waals surface area contributed by atoms with Gasteiger partial charge < -0.3 is 20.1 Å². The molecule has 2 N–H and O–H groups in total. The molecule has 7 heteroatoms. The third-order valence-corrected chi connectivity index (χ3v) is 4.52. The Morgan fingerprint density at radius 3 is 2.36 bits per heavy atom. The normalized spacial score (nSPS) is 10.3. The Kier molecular flexibility index (Phi) is 6.01. The predicted octanol–water partition coefficient (Wildman–Crippen LogP) is 5.06. The maximum atomic E-state index is 12.4. The molecule has 0 saturated heterocycles. The topological polar surface area (TPSA) is 72.5 Å². The third-order valence-electron chi connectivity index (χ3n) is 4.11. The van der Waals surface area contributed by atoms with Gasteiger partial charge in [-0.05, 0) is 48.9 Å². The van der Waals surface area contributed by atoms with Gasteiger partial charge in [0.1, 0.15) is 5.82 Å². The van der Waals surface area contributed by atoms with Gasteiger partial charge in [-0.25, -0.2) is 4.98 Å². The van der Waals surface area contributed by atoms with E-state index in [1.165, 1.54) is 6.20 Å². The quantitative estimate of drug-likeness (QED) is 0.608. The van der Waals surface area contributed by atoms with E-state index in [1.807, 2.05) is 25.1 Å². The van der Waals surface area contributed by atoms with Crippen molar-refractivity contribution in [1.29, 1.82) is 0 Å². The van der Waals surface area contributed by atoms with Gasteiger partial charge in [0.05, 0.1) is 19.8 Å². The van der Waals surface area contributed by atoms with Crippen molar-refractivity contribution in [2.75, 3.05) is 24.9 Å². The number of aryl methyl sites for hydroxylation is 1. The molecule has 3 rings (SSSR count). The Morgan fingerprint density at radius 2 is 1.71 bits per heavy atom. The average Bonchev–Trinajstić information content (AvgIpc) is 2.71. The van der Waals surface area contributed by atoms with Crippen LogP contribution < -0.4 is 20.1 Å². The summed E-state index contributed by atoms with van der Waals surface area (Å²) in [5.74, 6) is 1.59. The van der Waals surface area contributed by atoms with Gasteiger partial charge in [-0.3, -0.25) is 4.79 Å². The van der Waals surface area contributed by atoms with Crippen molar-refractivity contribution in [2.45, 2.75) is 6.92 Å². The maximum absolute atomic E-state index is 12.4. The standard InChI is InChI=1S/C21H20ClN3O3/c1-13-4-6-15(10-17(13)22)25-21(26)14-5-9-20(23-12-14)24-16-7-8-18(27-2)19(11-16)28-3/h4-12H,1-3H3,(H,23,24)(H,25,26). The van der Waals surface area contributed by atoms with E-state index in [0.29, 0.717) is 33.6 Å². The summed E-state index contributed by atoms with van der Waals surface area (Å²) in [6, 6.07) is 14.3. The molecule has 0 fully saturated rings. The highest BCUT2D eigenvalue weighted by atomic mass is 35.5. The molecule has 0 saturated carbocycles. The molecule has 0 unspecified atom stereocenters. The van der Waals surface area contributed by atoms with Crippen molar-refractivity contribution in [3.63, 3.8) is 0 Å². The molecule has 0 radical (unpaired) electrons. The third kappa shape index (κ3) is 4.53. The molecule has 0 bridgehead atoms. The number of rotatable bonds is 6. The van der Waals surface area contributed by atoms with Crippen molar-refractivity contribution < 1.29 is 14.3 Å². The number of carbonyl (C=O) groups is 1. The zero-order valence-electron chi connectivity index (χ0n) is 15.7. The zero-order chi connectivity index (χ0) is 20.1. The molecule has 1 heterocycles. The molecule has 3 aromatic rings. The molecule has 0 spiro atoms. The van der Waals surface area contributed by atoms with Crippen LogP contribution in [0.1, 0.15) is 15.9 Å². The van der Waals surface area contributed by atoms with E-state index in [1.54, 1.807) is 44.6 Å². The molecule has 0 atom stereocenters. The van der Waals surface area contributed by atoms with Crippen LogP contribution in [0.15, 0.2) is 54.7 Å². The molecular weight excluding hydrogens is 378 g/mol. The fourth-order valence-corrected chi connectivity index (χ4v) is 2.72. The Morgan fingerprint density at radius 1 is 0.964 bits per heavy atom. The average molecular weight is 398 g/mol. The Balaban J connectivity index is 1.69. The van der Waals surface area contributed by atoms with Gasteiger partial charge in [0.25, 0.3) is 5.91 Å². The van der Waals surface area contributed by atoms with E-state index in [2.05, 4.69) is 15.6 Å². The van der Waals surface area contributed by atoms with Crippen LogP contribution in [0.4, 0.5) is 17.2 Å². The van der Waals surface area contributed by atoms with Gasteiger partial charge in [0, 0.05) is 28.7 Å². The molecule has 1 aromatic heterocycles. The van der Waals surface area contributed by atoms with Gasteiger partial charge in [-0.15, -0.1) is 0 Å². The molecule has 6 nitrogen and oxygen atoms in total. The number of nitrogens with zero attached hydrogens (tertiary/aromatic N) is 1. The summed E-state index contributed by atoms with van der Waals surface area (Å²) < 4.78 is 10.5. The molecule has 28 heavy (non-hydrogen) atoms. The minimum Gasteiger partial charge on any atom is -0.493 e. The van der Waals surface area contributed by atoms with E-state index in [0.717, 1.165) is 11.3 Å². The minimum absolute atomic E-state index is 0.259. The van der Waals surface area contributed by atoms with Crippen molar-refractivity contribution in [3.05, 3.63) is 70.9 Å². The smallest absolute Gasteiger partial charge is 0.257 e. The predicted molar refractivity (Wildman–Crippen MR) is 111 cm³/mol. The summed E-state index contributed by atoms with van der Waals surface area (Å²) in [6.45, 7) is 1.90. The van der Waals surface area contributed by atoms with Crippen LogP contribution in [-0.2, 0) is 0 Å². The van der Waals surface area contributed by atoms with Crippen LogP contribution >= 0.6 is 11.6 Å². The summed E-state index contributed by atoms with van der Waals surface area (Å²) in [5, 5.41) is 6.57. The van der Waals surface area contributed by atoms with E-state index < -0.39 is 0 Å². The summed E-state index contributed by atoms with van der Waals surface area (Å²) in [4.78, 5) is 16.7. The number of halogens is 1. The van der Waals surface area contributed by atoms with E-state index in [4.69, 9.17) is 21.1 Å². The highest BCUT2D eigenvalue weighted by molar-refractivity contribution is 6.31. The number of hydrogen-bond acceptors (Lipinski definition) is 5. The summed E-state index contributed by atoms with van der Waals surface area (Å²) in [5.41, 5.74) is 2.81. The lowest BCUT2D eigenvalue weighted by Gasteiger charge is -2.11. The molecule has 0 aliphatic heterocycles. The Hall–Kier alpha value is -3.25. The molecule has 0 aliphatic rings. The highest BCUT2D eigenvalue weighted by Gasteiger charge is 2.09. The lowest BCUT2D eigenvalue weighted by Crippen LogP contribution is -2.12.